The largest absolute Gasteiger partial charge is 0.324 e. The molecular formula is C13H20Cl2N2. The Bertz CT molecular complexity index is 362. The van der Waals surface area contributed by atoms with Crippen molar-refractivity contribution in [1.82, 2.24) is 5.32 Å². The lowest BCUT2D eigenvalue weighted by Crippen LogP contribution is -2.34. The van der Waals surface area contributed by atoms with E-state index in [1.807, 2.05) is 12.1 Å². The zero-order chi connectivity index (χ0) is 11.5. The van der Waals surface area contributed by atoms with E-state index in [0.29, 0.717) is 5.92 Å². The Hall–Kier alpha value is -0.280. The Kier molecular flexibility index (Phi) is 5.74. The van der Waals surface area contributed by atoms with E-state index in [9.17, 15) is 0 Å². The summed E-state index contributed by atoms with van der Waals surface area (Å²) in [4.78, 5) is 0. The van der Waals surface area contributed by atoms with Gasteiger partial charge in [0, 0.05) is 11.1 Å². The van der Waals surface area contributed by atoms with Crippen molar-refractivity contribution in [2.24, 2.45) is 11.7 Å². The summed E-state index contributed by atoms with van der Waals surface area (Å²) in [6.07, 6.45) is 2.34. The highest BCUT2D eigenvalue weighted by Gasteiger charge is 2.22. The van der Waals surface area contributed by atoms with Gasteiger partial charge in [-0.3, -0.25) is 0 Å². The van der Waals surface area contributed by atoms with Crippen LogP contribution in [0.25, 0.3) is 0 Å². The molecule has 96 valence electrons. The number of nitrogens with two attached hydrogens (primary N) is 1. The van der Waals surface area contributed by atoms with Crippen LogP contribution in [-0.4, -0.2) is 13.1 Å². The topological polar surface area (TPSA) is 38.0 Å². The van der Waals surface area contributed by atoms with Crippen molar-refractivity contribution in [1.29, 1.82) is 0 Å². The molecule has 2 rings (SSSR count). The van der Waals surface area contributed by atoms with E-state index < -0.39 is 0 Å². The van der Waals surface area contributed by atoms with Crippen molar-refractivity contribution in [3.05, 3.63) is 34.3 Å². The molecule has 1 aliphatic rings. The van der Waals surface area contributed by atoms with Crippen LogP contribution in [0.1, 0.15) is 30.0 Å². The van der Waals surface area contributed by atoms with Gasteiger partial charge >= 0.3 is 0 Å². The van der Waals surface area contributed by atoms with Gasteiger partial charge in [-0.2, -0.15) is 0 Å². The molecule has 0 spiro atoms. The summed E-state index contributed by atoms with van der Waals surface area (Å²) in [6, 6.07) is 6.16. The second kappa shape index (κ2) is 6.60. The molecule has 1 aromatic carbocycles. The van der Waals surface area contributed by atoms with Crippen LogP contribution in [0.15, 0.2) is 18.2 Å². The minimum Gasteiger partial charge on any atom is -0.324 e. The van der Waals surface area contributed by atoms with E-state index in [0.717, 1.165) is 18.1 Å². The summed E-state index contributed by atoms with van der Waals surface area (Å²) in [5.41, 5.74) is 8.80. The van der Waals surface area contributed by atoms with Gasteiger partial charge in [0.15, 0.2) is 0 Å². The molecule has 1 aliphatic heterocycles. The van der Waals surface area contributed by atoms with E-state index in [1.165, 1.54) is 24.0 Å². The fourth-order valence-electron chi connectivity index (χ4n) is 2.47. The maximum atomic E-state index is 6.35. The van der Waals surface area contributed by atoms with Gasteiger partial charge in [0.1, 0.15) is 0 Å². The van der Waals surface area contributed by atoms with E-state index in [4.69, 9.17) is 17.3 Å². The summed E-state index contributed by atoms with van der Waals surface area (Å²) in [7, 11) is 0. The summed E-state index contributed by atoms with van der Waals surface area (Å²) < 4.78 is 0. The molecule has 0 aromatic heterocycles. The molecule has 0 saturated carbocycles. The first-order valence-electron chi connectivity index (χ1n) is 5.91. The standard InChI is InChI=1S/C13H19ClN2.ClH/c1-9-8-11(14)2-3-12(9)13(15)10-4-6-16-7-5-10;/h2-3,8,10,13,16H,4-7,15H2,1H3;1H/t13-;/m1./s1. The number of aryl methyl sites for hydroxylation is 1. The third-order valence-corrected chi connectivity index (χ3v) is 3.72. The van der Waals surface area contributed by atoms with Gasteiger partial charge in [0.25, 0.3) is 0 Å². The number of rotatable bonds is 2. The number of nitrogens with one attached hydrogen (secondary N) is 1. The fourth-order valence-corrected chi connectivity index (χ4v) is 2.70. The smallest absolute Gasteiger partial charge is 0.0408 e. The SMILES string of the molecule is Cc1cc(Cl)ccc1[C@H](N)C1CCNCC1.Cl. The van der Waals surface area contributed by atoms with E-state index in [-0.39, 0.29) is 18.4 Å². The monoisotopic (exact) mass is 274 g/mol. The molecule has 0 bridgehead atoms. The lowest BCUT2D eigenvalue weighted by molar-refractivity contribution is 0.321. The Morgan fingerprint density at radius 3 is 2.59 bits per heavy atom. The highest BCUT2D eigenvalue weighted by molar-refractivity contribution is 6.30. The van der Waals surface area contributed by atoms with Gasteiger partial charge in [-0.25, -0.2) is 0 Å². The summed E-state index contributed by atoms with van der Waals surface area (Å²) in [5.74, 6) is 0.598. The van der Waals surface area contributed by atoms with Gasteiger partial charge in [-0.1, -0.05) is 17.7 Å². The van der Waals surface area contributed by atoms with Crippen LogP contribution >= 0.6 is 24.0 Å². The minimum absolute atomic E-state index is 0. The molecule has 4 heteroatoms. The van der Waals surface area contributed by atoms with Gasteiger partial charge in [-0.15, -0.1) is 12.4 Å². The van der Waals surface area contributed by atoms with Crippen molar-refractivity contribution < 1.29 is 0 Å². The van der Waals surface area contributed by atoms with Gasteiger partial charge in [0.05, 0.1) is 0 Å². The molecule has 0 amide bonds. The Labute approximate surface area is 114 Å². The molecule has 0 radical (unpaired) electrons. The van der Waals surface area contributed by atoms with Crippen LogP contribution in [0, 0.1) is 12.8 Å². The molecular weight excluding hydrogens is 255 g/mol. The zero-order valence-corrected chi connectivity index (χ0v) is 11.7. The third-order valence-electron chi connectivity index (χ3n) is 3.48. The highest BCUT2D eigenvalue weighted by Crippen LogP contribution is 2.29. The zero-order valence-electron chi connectivity index (χ0n) is 10.1. The highest BCUT2D eigenvalue weighted by atomic mass is 35.5. The number of hydrogen-bond acceptors (Lipinski definition) is 2. The number of benzene rings is 1. The molecule has 17 heavy (non-hydrogen) atoms. The Balaban J connectivity index is 0.00000144. The van der Waals surface area contributed by atoms with Crippen molar-refractivity contribution >= 4 is 24.0 Å². The predicted octanol–water partition coefficient (Wildman–Crippen LogP) is 3.07. The maximum Gasteiger partial charge on any atom is 0.0408 e. The van der Waals surface area contributed by atoms with E-state index >= 15 is 0 Å². The van der Waals surface area contributed by atoms with Gasteiger partial charge < -0.3 is 11.1 Å². The average molecular weight is 275 g/mol. The second-order valence-electron chi connectivity index (χ2n) is 4.61. The molecule has 0 aliphatic carbocycles. The fraction of sp³-hybridized carbons (Fsp3) is 0.538. The summed E-state index contributed by atoms with van der Waals surface area (Å²) >= 11 is 5.96. The molecule has 0 unspecified atom stereocenters. The van der Waals surface area contributed by atoms with Crippen LogP contribution in [0.5, 0.6) is 0 Å². The summed E-state index contributed by atoms with van der Waals surface area (Å²) in [6.45, 7) is 4.26. The van der Waals surface area contributed by atoms with Crippen molar-refractivity contribution in [2.45, 2.75) is 25.8 Å². The minimum atomic E-state index is 0. The van der Waals surface area contributed by atoms with Gasteiger partial charge in [0.2, 0.25) is 0 Å². The third kappa shape index (κ3) is 3.59. The number of hydrogen-bond donors (Lipinski definition) is 2. The van der Waals surface area contributed by atoms with Crippen LogP contribution in [0.3, 0.4) is 0 Å². The normalized spacial score (nSPS) is 18.5. The Morgan fingerprint density at radius 1 is 1.35 bits per heavy atom. The quantitative estimate of drug-likeness (QED) is 0.870. The van der Waals surface area contributed by atoms with Crippen molar-refractivity contribution in [3.63, 3.8) is 0 Å². The van der Waals surface area contributed by atoms with Crippen molar-refractivity contribution in [2.75, 3.05) is 13.1 Å². The van der Waals surface area contributed by atoms with Gasteiger partial charge in [-0.05, 0) is 62.0 Å². The number of halogens is 2. The van der Waals surface area contributed by atoms with Crippen LogP contribution in [0.2, 0.25) is 5.02 Å². The lowest BCUT2D eigenvalue weighted by atomic mass is 9.85. The average Bonchev–Trinajstić information content (AvgIpc) is 2.29. The molecule has 2 nitrogen and oxygen atoms in total. The predicted molar refractivity (Wildman–Crippen MR) is 76.0 cm³/mol. The van der Waals surface area contributed by atoms with E-state index in [1.54, 1.807) is 0 Å². The first-order valence-corrected chi connectivity index (χ1v) is 6.28. The molecule has 1 aromatic rings. The molecule has 1 saturated heterocycles. The molecule has 1 heterocycles. The lowest BCUT2D eigenvalue weighted by Gasteiger charge is -2.29. The Morgan fingerprint density at radius 2 is 2.00 bits per heavy atom. The maximum absolute atomic E-state index is 6.35. The van der Waals surface area contributed by atoms with Crippen LogP contribution in [-0.2, 0) is 0 Å². The molecule has 1 fully saturated rings. The number of piperidine rings is 1. The first kappa shape index (κ1) is 14.8. The summed E-state index contributed by atoms with van der Waals surface area (Å²) in [5, 5.41) is 4.16. The second-order valence-corrected chi connectivity index (χ2v) is 5.05. The van der Waals surface area contributed by atoms with Crippen molar-refractivity contribution in [3.8, 4) is 0 Å². The first-order chi connectivity index (χ1) is 7.68. The molecule has 1 atom stereocenters. The van der Waals surface area contributed by atoms with Crippen LogP contribution in [0.4, 0.5) is 0 Å². The molecule has 3 N–H and O–H groups in total. The van der Waals surface area contributed by atoms with Crippen LogP contribution < -0.4 is 11.1 Å². The van der Waals surface area contributed by atoms with E-state index in [2.05, 4.69) is 18.3 Å².